The number of hydrogen-bond acceptors (Lipinski definition) is 4. The number of carbonyl (C=O) groups is 1. The zero-order valence-corrected chi connectivity index (χ0v) is 20.5. The van der Waals surface area contributed by atoms with Gasteiger partial charge in [0.25, 0.3) is 0 Å². The van der Waals surface area contributed by atoms with Crippen LogP contribution in [0.4, 0.5) is 22.0 Å². The predicted octanol–water partition coefficient (Wildman–Crippen LogP) is 5.81. The molecule has 0 saturated carbocycles. The fraction of sp³-hybridized carbons (Fsp3) is 0.357. The normalized spacial score (nSPS) is 16.1. The minimum atomic E-state index is -1.76. The molecule has 1 atom stereocenters. The highest BCUT2D eigenvalue weighted by Crippen LogP contribution is 2.41. The summed E-state index contributed by atoms with van der Waals surface area (Å²) in [5, 5.41) is 10.2. The number of aliphatic carboxylic acids is 1. The number of alkyl halides is 1. The Morgan fingerprint density at radius 1 is 1.13 bits per heavy atom. The topological polar surface area (TPSA) is 62.7 Å². The van der Waals surface area contributed by atoms with Crippen LogP contribution in [0.3, 0.4) is 0 Å². The lowest BCUT2D eigenvalue weighted by Crippen LogP contribution is -2.44. The van der Waals surface area contributed by atoms with Crippen molar-refractivity contribution < 1.29 is 36.6 Å². The lowest BCUT2D eigenvalue weighted by atomic mass is 9.74. The number of aromatic nitrogens is 1. The van der Waals surface area contributed by atoms with Gasteiger partial charge in [0.2, 0.25) is 0 Å². The molecule has 0 amide bonds. The van der Waals surface area contributed by atoms with Crippen LogP contribution in [0, 0.1) is 40.5 Å². The van der Waals surface area contributed by atoms with E-state index in [9.17, 15) is 27.5 Å². The van der Waals surface area contributed by atoms with E-state index in [0.29, 0.717) is 36.5 Å². The van der Waals surface area contributed by atoms with Crippen molar-refractivity contribution in [1.29, 1.82) is 0 Å². The van der Waals surface area contributed by atoms with Gasteiger partial charge in [-0.3, -0.25) is 14.7 Å². The van der Waals surface area contributed by atoms with Crippen molar-refractivity contribution in [3.05, 3.63) is 70.9 Å². The Labute approximate surface area is 216 Å². The summed E-state index contributed by atoms with van der Waals surface area (Å²) in [7, 11) is 1.44. The molecule has 1 fully saturated rings. The number of halogens is 5. The van der Waals surface area contributed by atoms with Gasteiger partial charge in [-0.1, -0.05) is 11.8 Å². The first-order valence-corrected chi connectivity index (χ1v) is 12.0. The van der Waals surface area contributed by atoms with Crippen LogP contribution in [0.25, 0.3) is 10.9 Å². The molecule has 0 bridgehead atoms. The molecule has 2 heterocycles. The van der Waals surface area contributed by atoms with Gasteiger partial charge in [-0.25, -0.2) is 22.0 Å². The fourth-order valence-electron chi connectivity index (χ4n) is 4.77. The van der Waals surface area contributed by atoms with Gasteiger partial charge in [0, 0.05) is 36.2 Å². The van der Waals surface area contributed by atoms with E-state index in [4.69, 9.17) is 4.74 Å². The lowest BCUT2D eigenvalue weighted by molar-refractivity contribution is -0.152. The number of benzene rings is 2. The first-order chi connectivity index (χ1) is 18.1. The highest BCUT2D eigenvalue weighted by molar-refractivity contribution is 5.84. The first-order valence-electron chi connectivity index (χ1n) is 12.0. The fourth-order valence-corrected chi connectivity index (χ4v) is 4.77. The Morgan fingerprint density at radius 2 is 1.82 bits per heavy atom. The third-order valence-electron chi connectivity index (χ3n) is 7.05. The molecule has 4 rings (SSSR count). The predicted molar refractivity (Wildman–Crippen MR) is 130 cm³/mol. The van der Waals surface area contributed by atoms with E-state index in [1.165, 1.54) is 13.2 Å². The Bertz CT molecular complexity index is 1390. The second-order valence-corrected chi connectivity index (χ2v) is 9.32. The molecule has 0 aliphatic carbocycles. The van der Waals surface area contributed by atoms with Crippen molar-refractivity contribution in [2.45, 2.75) is 31.9 Å². The quantitative estimate of drug-likeness (QED) is 0.308. The maximum absolute atomic E-state index is 15.4. The molecule has 0 radical (unpaired) electrons. The number of methoxy groups -OCH3 is 1. The largest absolute Gasteiger partial charge is 0.497 e. The summed E-state index contributed by atoms with van der Waals surface area (Å²) >= 11 is 0. The molecular weight excluding hydrogens is 507 g/mol. The third kappa shape index (κ3) is 5.73. The van der Waals surface area contributed by atoms with Crippen LogP contribution >= 0.6 is 0 Å². The van der Waals surface area contributed by atoms with Crippen LogP contribution in [-0.2, 0) is 4.79 Å². The Morgan fingerprint density at radius 3 is 2.45 bits per heavy atom. The zero-order chi connectivity index (χ0) is 27.4. The zero-order valence-electron chi connectivity index (χ0n) is 20.5. The van der Waals surface area contributed by atoms with E-state index >= 15 is 4.39 Å². The number of piperidine rings is 1. The number of rotatable bonds is 7. The minimum Gasteiger partial charge on any atom is -0.497 e. The van der Waals surface area contributed by atoms with Crippen LogP contribution in [0.15, 0.2) is 36.5 Å². The number of ether oxygens (including phenoxy) is 1. The molecule has 10 heteroatoms. The monoisotopic (exact) mass is 532 g/mol. The molecular formula is C28H25F5N2O3. The number of pyridine rings is 1. The van der Waals surface area contributed by atoms with Gasteiger partial charge in [0.15, 0.2) is 0 Å². The number of hydrogen-bond donors (Lipinski definition) is 1. The number of carboxylic acids is 1. The van der Waals surface area contributed by atoms with Crippen molar-refractivity contribution in [2.75, 3.05) is 26.7 Å². The van der Waals surface area contributed by atoms with Gasteiger partial charge < -0.3 is 9.84 Å². The number of carboxylic acid groups (broad SMARTS) is 1. The van der Waals surface area contributed by atoms with Crippen molar-refractivity contribution >= 4 is 16.9 Å². The molecule has 3 aromatic rings. The van der Waals surface area contributed by atoms with Crippen LogP contribution in [0.1, 0.15) is 43.0 Å². The van der Waals surface area contributed by atoms with E-state index in [0.717, 1.165) is 6.20 Å². The maximum Gasteiger partial charge on any atom is 0.309 e. The Kier molecular flexibility index (Phi) is 8.17. The molecule has 38 heavy (non-hydrogen) atoms. The highest BCUT2D eigenvalue weighted by atomic mass is 19.2. The van der Waals surface area contributed by atoms with Crippen LogP contribution in [0.2, 0.25) is 0 Å². The van der Waals surface area contributed by atoms with E-state index in [1.54, 1.807) is 12.1 Å². The SMILES string of the molecule is COc1ccc2ncc(F)c([C@@H](F)CCC3(C(=O)O)CCN(CC#Cc4c(F)cc(F)cc4F)CC3)c2c1. The molecule has 1 N–H and O–H groups in total. The molecule has 0 unspecified atom stereocenters. The van der Waals surface area contributed by atoms with Crippen molar-refractivity contribution in [2.24, 2.45) is 5.41 Å². The Balaban J connectivity index is 1.42. The molecule has 1 saturated heterocycles. The van der Waals surface area contributed by atoms with E-state index in [2.05, 4.69) is 16.8 Å². The first kappa shape index (κ1) is 27.3. The summed E-state index contributed by atoms with van der Waals surface area (Å²) < 4.78 is 75.8. The summed E-state index contributed by atoms with van der Waals surface area (Å²) in [5.74, 6) is 0.302. The average molecular weight is 533 g/mol. The van der Waals surface area contributed by atoms with E-state index in [-0.39, 0.29) is 43.2 Å². The van der Waals surface area contributed by atoms with Gasteiger partial charge in [-0.2, -0.15) is 0 Å². The highest BCUT2D eigenvalue weighted by Gasteiger charge is 2.41. The molecule has 2 aromatic carbocycles. The second-order valence-electron chi connectivity index (χ2n) is 9.32. The summed E-state index contributed by atoms with van der Waals surface area (Å²) in [6, 6.07) is 5.83. The molecule has 1 aliphatic rings. The van der Waals surface area contributed by atoms with Gasteiger partial charge in [0.05, 0.1) is 36.3 Å². The molecule has 0 spiro atoms. The second kappa shape index (κ2) is 11.4. The number of fused-ring (bicyclic) bond motifs is 1. The van der Waals surface area contributed by atoms with Gasteiger partial charge >= 0.3 is 5.97 Å². The van der Waals surface area contributed by atoms with Crippen molar-refractivity contribution in [3.8, 4) is 17.6 Å². The van der Waals surface area contributed by atoms with E-state index < -0.39 is 46.4 Å². The lowest BCUT2D eigenvalue weighted by Gasteiger charge is -2.38. The maximum atomic E-state index is 15.4. The van der Waals surface area contributed by atoms with Crippen molar-refractivity contribution in [1.82, 2.24) is 9.88 Å². The third-order valence-corrected chi connectivity index (χ3v) is 7.05. The number of likely N-dealkylation sites (tertiary alicyclic amines) is 1. The average Bonchev–Trinajstić information content (AvgIpc) is 2.89. The molecule has 1 aliphatic heterocycles. The van der Waals surface area contributed by atoms with E-state index in [1.807, 2.05) is 4.90 Å². The summed E-state index contributed by atoms with van der Waals surface area (Å²) in [4.78, 5) is 18.0. The van der Waals surface area contributed by atoms with Gasteiger partial charge in [-0.05, 0) is 43.9 Å². The smallest absolute Gasteiger partial charge is 0.309 e. The summed E-state index contributed by atoms with van der Waals surface area (Å²) in [5.41, 5.74) is -1.53. The minimum absolute atomic E-state index is 0.0117. The molecule has 5 nitrogen and oxygen atoms in total. The standard InChI is InChI=1S/C28H25F5N2O3/c1-38-18-4-5-25-20(15-18)26(24(33)16-34-25)21(30)6-7-28(27(36)37)8-11-35(12-9-28)10-2-3-19-22(31)13-17(29)14-23(19)32/h4-5,13-16,21H,6-12H2,1H3,(H,36,37)/t21-/m0/s1. The van der Waals surface area contributed by atoms with Crippen LogP contribution in [-0.4, -0.2) is 47.7 Å². The Hall–Kier alpha value is -3.71. The summed E-state index contributed by atoms with van der Waals surface area (Å²) in [6.45, 7) is 0.750. The summed E-state index contributed by atoms with van der Waals surface area (Å²) in [6.07, 6.45) is -0.627. The molecule has 200 valence electrons. The number of nitrogens with zero attached hydrogens (tertiary/aromatic N) is 2. The van der Waals surface area contributed by atoms with Gasteiger partial charge in [-0.15, -0.1) is 0 Å². The van der Waals surface area contributed by atoms with Crippen LogP contribution in [0.5, 0.6) is 5.75 Å². The van der Waals surface area contributed by atoms with Crippen LogP contribution < -0.4 is 4.74 Å². The molecule has 1 aromatic heterocycles. The van der Waals surface area contributed by atoms with Gasteiger partial charge in [0.1, 0.15) is 35.2 Å². The van der Waals surface area contributed by atoms with Crippen molar-refractivity contribution in [3.63, 3.8) is 0 Å².